The minimum absolute atomic E-state index is 0.104. The van der Waals surface area contributed by atoms with Gasteiger partial charge in [-0.05, 0) is 249 Å². The molecular formula is C108H111BN4. The minimum Gasteiger partial charge on any atom is -0.311 e. The second-order valence-electron chi connectivity index (χ2n) is 39.4. The standard InChI is InChI=1S/C108H111BN4/c1-102(2,3)66-72-54-83(70-38-30-24-31-39-70)95(64-81(72)68-34-26-22-27-35-68)112-97-62-79(110-91-50-42-74(104(7,8)9)56-85(91)86-57-75(105(10,11)12)43-51-92(86)110)46-48-89(97)109-90-49-47-80(111-93-52-44-76(106(13,14)15)58-87(93)88-59-77(107(16,17)18)45-53-94(88)111)63-98(90)113(100-61-78(108(19,20)21)60-99(112)101(100)109)96-65-82(69-36-28-23-29-37-69)73(67-103(4,5)6)55-84(96)71-40-32-25-33-41-71/h22-65H,66-67H2,1-21H3/i66D2,67D2. The summed E-state index contributed by atoms with van der Waals surface area (Å²) in [5.41, 5.74) is 28.0. The molecule has 0 unspecified atom stereocenters. The number of rotatable bonds is 10. The van der Waals surface area contributed by atoms with Gasteiger partial charge in [-0.25, -0.2) is 0 Å². The van der Waals surface area contributed by atoms with Crippen LogP contribution < -0.4 is 26.2 Å². The largest absolute Gasteiger partial charge is 0.311 e. The van der Waals surface area contributed by atoms with Gasteiger partial charge in [-0.3, -0.25) is 0 Å². The number of nitrogens with zero attached hydrogens (tertiary/aromatic N) is 4. The van der Waals surface area contributed by atoms with Gasteiger partial charge in [0.1, 0.15) is 0 Å². The van der Waals surface area contributed by atoms with Crippen molar-refractivity contribution < 1.29 is 5.48 Å². The summed E-state index contributed by atoms with van der Waals surface area (Å²) < 4.78 is 46.9. The maximum absolute atomic E-state index is 10.5. The quantitative estimate of drug-likeness (QED) is 0.127. The fraction of sp³-hybridized carbons (Fsp3) is 0.278. The average molecular weight is 1480 g/mol. The summed E-state index contributed by atoms with van der Waals surface area (Å²) in [4.78, 5) is 5.17. The maximum Gasteiger partial charge on any atom is 0.252 e. The number of hydrogen-bond acceptors (Lipinski definition) is 2. The van der Waals surface area contributed by atoms with Gasteiger partial charge in [-0.15, -0.1) is 0 Å². The fourth-order valence-corrected chi connectivity index (χ4v) is 17.6. The summed E-state index contributed by atoms with van der Waals surface area (Å²) in [6.07, 6.45) is -3.63. The van der Waals surface area contributed by atoms with Crippen LogP contribution in [0.2, 0.25) is 0 Å². The van der Waals surface area contributed by atoms with Crippen LogP contribution in [0.15, 0.2) is 267 Å². The predicted molar refractivity (Wildman–Crippen MR) is 491 cm³/mol. The van der Waals surface area contributed by atoms with E-state index in [1.807, 2.05) is 41.5 Å². The zero-order chi connectivity index (χ0) is 83.1. The van der Waals surface area contributed by atoms with Crippen LogP contribution in [0.1, 0.15) is 190 Å². The summed E-state index contributed by atoms with van der Waals surface area (Å²) in [6.45, 7) is 46.5. The van der Waals surface area contributed by atoms with Crippen molar-refractivity contribution in [2.24, 2.45) is 10.8 Å². The normalized spacial score (nSPS) is 14.3. The Morgan fingerprint density at radius 2 is 0.540 bits per heavy atom. The Morgan fingerprint density at radius 1 is 0.257 bits per heavy atom. The SMILES string of the molecule is [2H]C([2H])(c1cc(-c2ccccc2)c(N2c3cc(-n4c5ccc(C(C)(C)C)cc5c5cc(C(C)(C)C)ccc54)ccc3B3c4ccc(-n5c6ccc(C(C)(C)C)cc6c6cc(C(C)(C)C)ccc65)cc4N(c4cc(-c5ccccc5)c(C([2H])([2H])C(C)(C)C)cc4-c4ccccc4)c4cc(C(C)(C)C)cc2c43)cc1-c1ccccc1)C(C)(C)C. The molecule has 0 spiro atoms. The van der Waals surface area contributed by atoms with Crippen molar-refractivity contribution in [3.05, 3.63) is 306 Å². The first-order chi connectivity index (χ1) is 55.0. The summed E-state index contributed by atoms with van der Waals surface area (Å²) in [5, 5.41) is 4.84. The van der Waals surface area contributed by atoms with Crippen molar-refractivity contribution in [3.63, 3.8) is 0 Å². The predicted octanol–water partition coefficient (Wildman–Crippen LogP) is 28.3. The van der Waals surface area contributed by atoms with E-state index in [1.165, 1.54) is 43.8 Å². The molecule has 113 heavy (non-hydrogen) atoms. The van der Waals surface area contributed by atoms with Gasteiger partial charge in [0, 0.05) is 72.3 Å². The maximum atomic E-state index is 10.5. The first kappa shape index (κ1) is 70.0. The summed E-state index contributed by atoms with van der Waals surface area (Å²) >= 11 is 0. The van der Waals surface area contributed by atoms with Gasteiger partial charge < -0.3 is 18.9 Å². The van der Waals surface area contributed by atoms with Gasteiger partial charge in [-0.2, -0.15) is 0 Å². The topological polar surface area (TPSA) is 16.3 Å². The van der Waals surface area contributed by atoms with E-state index in [4.69, 9.17) is 0 Å². The van der Waals surface area contributed by atoms with Crippen LogP contribution in [0.25, 0.3) is 99.5 Å². The molecule has 0 saturated heterocycles. The van der Waals surface area contributed by atoms with E-state index < -0.39 is 29.0 Å². The Labute approximate surface area is 678 Å². The number of benzene rings is 13. The fourth-order valence-electron chi connectivity index (χ4n) is 17.6. The molecule has 0 N–H and O–H groups in total. The van der Waals surface area contributed by atoms with Crippen LogP contribution in [0.3, 0.4) is 0 Å². The lowest BCUT2D eigenvalue weighted by Gasteiger charge is -2.46. The lowest BCUT2D eigenvalue weighted by molar-refractivity contribution is 0.411. The number of aromatic nitrogens is 2. The smallest absolute Gasteiger partial charge is 0.252 e. The number of fused-ring (bicyclic) bond motifs is 10. The molecule has 4 heterocycles. The summed E-state index contributed by atoms with van der Waals surface area (Å²) in [7, 11) is 0. The molecule has 2 aliphatic rings. The van der Waals surface area contributed by atoms with Crippen molar-refractivity contribution in [2.75, 3.05) is 9.80 Å². The molecule has 15 aromatic rings. The minimum atomic E-state index is -1.82. The third-order valence-electron chi connectivity index (χ3n) is 23.5. The van der Waals surface area contributed by atoms with Crippen LogP contribution in [0.4, 0.5) is 34.1 Å². The molecule has 0 fully saturated rings. The summed E-state index contributed by atoms with van der Waals surface area (Å²) in [5.74, 6) is 0. The van der Waals surface area contributed by atoms with Gasteiger partial charge in [0.05, 0.1) is 33.4 Å². The molecule has 0 aliphatic carbocycles. The van der Waals surface area contributed by atoms with E-state index in [1.54, 1.807) is 0 Å². The molecule has 2 aromatic heterocycles. The molecule has 2 aliphatic heterocycles. The number of hydrogen-bond donors (Lipinski definition) is 0. The van der Waals surface area contributed by atoms with Gasteiger partial charge in [-0.1, -0.05) is 303 Å². The molecule has 0 bridgehead atoms. The zero-order valence-electron chi connectivity index (χ0n) is 74.3. The van der Waals surface area contributed by atoms with E-state index in [9.17, 15) is 5.48 Å². The molecule has 566 valence electrons. The van der Waals surface area contributed by atoms with Crippen LogP contribution in [-0.2, 0) is 39.8 Å². The van der Waals surface area contributed by atoms with E-state index in [0.29, 0.717) is 11.1 Å². The molecular weight excluding hydrogens is 1360 g/mol. The molecule has 13 aromatic carbocycles. The third kappa shape index (κ3) is 13.5. The highest BCUT2D eigenvalue weighted by molar-refractivity contribution is 7.00. The zero-order valence-corrected chi connectivity index (χ0v) is 70.3. The van der Waals surface area contributed by atoms with Crippen molar-refractivity contribution in [1.29, 1.82) is 0 Å². The highest BCUT2D eigenvalue weighted by atomic mass is 15.2. The van der Waals surface area contributed by atoms with Crippen molar-refractivity contribution >= 4 is 101 Å². The third-order valence-corrected chi connectivity index (χ3v) is 23.5. The molecule has 5 heteroatoms. The van der Waals surface area contributed by atoms with E-state index in [0.717, 1.165) is 134 Å². The lowest BCUT2D eigenvalue weighted by atomic mass is 9.33. The first-order valence-corrected chi connectivity index (χ1v) is 40.8. The van der Waals surface area contributed by atoms with E-state index >= 15 is 0 Å². The molecule has 0 radical (unpaired) electrons. The van der Waals surface area contributed by atoms with Crippen LogP contribution in [0, 0.1) is 10.8 Å². The van der Waals surface area contributed by atoms with E-state index in [2.05, 4.69) is 390 Å². The monoisotopic (exact) mass is 1480 g/mol. The molecule has 0 saturated carbocycles. The average Bonchev–Trinajstić information content (AvgIpc) is 1.04. The van der Waals surface area contributed by atoms with Crippen molar-refractivity contribution in [3.8, 4) is 55.9 Å². The van der Waals surface area contributed by atoms with Gasteiger partial charge in [0.2, 0.25) is 0 Å². The van der Waals surface area contributed by atoms with Gasteiger partial charge in [0.15, 0.2) is 0 Å². The molecule has 17 rings (SSSR count). The molecule has 4 nitrogen and oxygen atoms in total. The highest BCUT2D eigenvalue weighted by Gasteiger charge is 2.46. The Balaban J connectivity index is 1.07. The van der Waals surface area contributed by atoms with Crippen LogP contribution >= 0.6 is 0 Å². The Morgan fingerprint density at radius 3 is 0.814 bits per heavy atom. The van der Waals surface area contributed by atoms with Crippen LogP contribution in [-0.4, -0.2) is 15.8 Å². The highest BCUT2D eigenvalue weighted by Crippen LogP contribution is 2.54. The van der Waals surface area contributed by atoms with Crippen LogP contribution in [0.5, 0.6) is 0 Å². The van der Waals surface area contributed by atoms with E-state index in [-0.39, 0.29) is 28.4 Å². The Hall–Kier alpha value is -10.9. The molecule has 0 atom stereocenters. The van der Waals surface area contributed by atoms with Crippen molar-refractivity contribution in [1.82, 2.24) is 9.13 Å². The Kier molecular flexibility index (Phi) is 16.7. The van der Waals surface area contributed by atoms with Gasteiger partial charge >= 0.3 is 0 Å². The van der Waals surface area contributed by atoms with Crippen molar-refractivity contribution in [2.45, 2.75) is 185 Å². The lowest BCUT2D eigenvalue weighted by Crippen LogP contribution is -2.61. The van der Waals surface area contributed by atoms with Gasteiger partial charge in [0.25, 0.3) is 6.71 Å². The molecule has 0 amide bonds. The summed E-state index contributed by atoms with van der Waals surface area (Å²) in [6, 6.07) is 99.5. The Bertz CT molecular complexity index is 5950. The second-order valence-corrected chi connectivity index (χ2v) is 39.4. The first-order valence-electron chi connectivity index (χ1n) is 42.8. The second kappa shape index (κ2) is 26.9. The number of anilines is 6.